The number of aromatic nitrogens is 2. The smallest absolute Gasteiger partial charge is 0.325 e. The van der Waals surface area contributed by atoms with Crippen molar-refractivity contribution in [2.45, 2.75) is 33.1 Å². The van der Waals surface area contributed by atoms with Crippen LogP contribution in [0.3, 0.4) is 0 Å². The third-order valence-electron chi connectivity index (χ3n) is 6.34. The molecule has 1 saturated heterocycles. The molecule has 3 aliphatic rings. The Labute approximate surface area is 195 Å². The van der Waals surface area contributed by atoms with Crippen LogP contribution < -0.4 is 15.0 Å². The van der Waals surface area contributed by atoms with E-state index in [-0.39, 0.29) is 0 Å². The Hall–Kier alpha value is -3.19. The maximum absolute atomic E-state index is 6.17. The Morgan fingerprint density at radius 1 is 1.06 bits per heavy atom. The van der Waals surface area contributed by atoms with Crippen molar-refractivity contribution in [1.82, 2.24) is 14.9 Å². The summed E-state index contributed by atoms with van der Waals surface area (Å²) in [6.45, 7) is 8.99. The first-order valence-corrected chi connectivity index (χ1v) is 11.9. The molecule has 0 unspecified atom stereocenters. The lowest BCUT2D eigenvalue weighted by atomic mass is 10.1. The van der Waals surface area contributed by atoms with Gasteiger partial charge in [0.15, 0.2) is 0 Å². The predicted molar refractivity (Wildman–Crippen MR) is 135 cm³/mol. The topological polar surface area (TPSA) is 65.9 Å². The number of rotatable bonds is 6. The number of fused-ring (bicyclic) bond motifs is 1. The van der Waals surface area contributed by atoms with Gasteiger partial charge in [-0.1, -0.05) is 31.1 Å². The number of amidine groups is 1. The summed E-state index contributed by atoms with van der Waals surface area (Å²) in [5.74, 6) is 3.19. The van der Waals surface area contributed by atoms with Crippen LogP contribution in [0.5, 0.6) is 11.8 Å². The van der Waals surface area contributed by atoms with E-state index in [1.807, 2.05) is 12.1 Å². The highest BCUT2D eigenvalue weighted by Crippen LogP contribution is 2.31. The number of hydrogen-bond acceptors (Lipinski definition) is 7. The number of allylic oxidation sites excluding steroid dienone is 1. The molecular formula is C26H32N6O. The van der Waals surface area contributed by atoms with E-state index in [0.717, 1.165) is 69.4 Å². The minimum absolute atomic E-state index is 0.351. The van der Waals surface area contributed by atoms with E-state index in [2.05, 4.69) is 70.3 Å². The number of anilines is 2. The average molecular weight is 445 g/mol. The Balaban J connectivity index is 1.41. The summed E-state index contributed by atoms with van der Waals surface area (Å²) in [5.41, 5.74) is 5.27. The second-order valence-corrected chi connectivity index (χ2v) is 9.19. The maximum Gasteiger partial charge on any atom is 0.325 e. The normalized spacial score (nSPS) is 18.0. The molecule has 0 spiro atoms. The average Bonchev–Trinajstić information content (AvgIpc) is 3.39. The maximum atomic E-state index is 6.17. The van der Waals surface area contributed by atoms with E-state index >= 15 is 0 Å². The number of nitrogens with one attached hydrogen (secondary N) is 1. The molecule has 7 heteroatoms. The van der Waals surface area contributed by atoms with Crippen LogP contribution >= 0.6 is 0 Å². The molecule has 0 radical (unpaired) electrons. The molecule has 1 aliphatic carbocycles. The molecule has 1 aromatic carbocycles. The number of likely N-dealkylation sites (N-methyl/N-ethyl adjacent to an activating group) is 1. The van der Waals surface area contributed by atoms with Gasteiger partial charge in [0, 0.05) is 32.2 Å². The Kier molecular flexibility index (Phi) is 6.13. The van der Waals surface area contributed by atoms with Gasteiger partial charge in [0.05, 0.1) is 6.54 Å². The van der Waals surface area contributed by atoms with Crippen molar-refractivity contribution < 1.29 is 4.74 Å². The summed E-state index contributed by atoms with van der Waals surface area (Å²) in [6.07, 6.45) is 7.56. The van der Waals surface area contributed by atoms with Gasteiger partial charge in [0.2, 0.25) is 0 Å². The number of benzene rings is 1. The van der Waals surface area contributed by atoms with Crippen LogP contribution in [0.15, 0.2) is 46.5 Å². The largest absolute Gasteiger partial charge is 0.424 e. The number of aliphatic imine (C=N–C) groups is 1. The molecule has 0 atom stereocenters. The van der Waals surface area contributed by atoms with Crippen LogP contribution in [0.2, 0.25) is 0 Å². The summed E-state index contributed by atoms with van der Waals surface area (Å²) in [7, 11) is 2.15. The fourth-order valence-electron chi connectivity index (χ4n) is 4.52. The predicted octanol–water partition coefficient (Wildman–Crippen LogP) is 4.53. The lowest BCUT2D eigenvalue weighted by Crippen LogP contribution is -2.44. The molecule has 172 valence electrons. The van der Waals surface area contributed by atoms with E-state index in [9.17, 15) is 0 Å². The van der Waals surface area contributed by atoms with Gasteiger partial charge in [-0.15, -0.1) is 0 Å². The van der Waals surface area contributed by atoms with Gasteiger partial charge in [0.1, 0.15) is 23.2 Å². The summed E-state index contributed by atoms with van der Waals surface area (Å²) in [5, 5.41) is 3.39. The zero-order valence-electron chi connectivity index (χ0n) is 19.8. The fourth-order valence-corrected chi connectivity index (χ4v) is 4.52. The Morgan fingerprint density at radius 3 is 2.73 bits per heavy atom. The summed E-state index contributed by atoms with van der Waals surface area (Å²) < 4.78 is 6.17. The number of nitrogens with zero attached hydrogens (tertiary/aromatic N) is 5. The highest BCUT2D eigenvalue weighted by atomic mass is 16.5. The molecule has 33 heavy (non-hydrogen) atoms. The van der Waals surface area contributed by atoms with Crippen LogP contribution in [-0.4, -0.2) is 60.5 Å². The van der Waals surface area contributed by atoms with Crippen molar-refractivity contribution >= 4 is 23.5 Å². The van der Waals surface area contributed by atoms with Crippen molar-refractivity contribution in [2.24, 2.45) is 4.99 Å². The standard InChI is InChI=1S/C26H32N6O/c1-4-5-19-14-23(27-17-19)28-24-16-25(32-10-8-31(3)9-11-32)30-26(29-24)33-22-7-6-20-12-18(2)13-21(20)15-22/h6-7,13-16H,4-5,8-12,17H2,1-3H3,(H,27,28,29,30). The van der Waals surface area contributed by atoms with Gasteiger partial charge in [-0.25, -0.2) is 0 Å². The molecule has 0 saturated carbocycles. The number of ether oxygens (including phenoxy) is 1. The fraction of sp³-hybridized carbons (Fsp3) is 0.423. The molecule has 2 aliphatic heterocycles. The summed E-state index contributed by atoms with van der Waals surface area (Å²) in [6, 6.07) is 8.57. The highest BCUT2D eigenvalue weighted by Gasteiger charge is 2.19. The second kappa shape index (κ2) is 9.35. The molecular weight excluding hydrogens is 412 g/mol. The molecule has 2 aromatic rings. The minimum Gasteiger partial charge on any atom is -0.424 e. The van der Waals surface area contributed by atoms with Crippen molar-refractivity contribution in [3.8, 4) is 11.8 Å². The zero-order valence-corrected chi connectivity index (χ0v) is 19.8. The van der Waals surface area contributed by atoms with Crippen LogP contribution in [0, 0.1) is 0 Å². The highest BCUT2D eigenvalue weighted by molar-refractivity contribution is 6.05. The molecule has 1 aromatic heterocycles. The lowest BCUT2D eigenvalue weighted by molar-refractivity contribution is 0.311. The lowest BCUT2D eigenvalue weighted by Gasteiger charge is -2.33. The quantitative estimate of drug-likeness (QED) is 0.706. The summed E-state index contributed by atoms with van der Waals surface area (Å²) >= 11 is 0. The minimum atomic E-state index is 0.351. The molecule has 1 fully saturated rings. The second-order valence-electron chi connectivity index (χ2n) is 9.19. The van der Waals surface area contributed by atoms with Crippen molar-refractivity contribution in [1.29, 1.82) is 0 Å². The third-order valence-corrected chi connectivity index (χ3v) is 6.34. The first-order valence-electron chi connectivity index (χ1n) is 11.9. The molecule has 0 bridgehead atoms. The molecule has 1 N–H and O–H groups in total. The van der Waals surface area contributed by atoms with Gasteiger partial charge in [-0.2, -0.15) is 9.97 Å². The van der Waals surface area contributed by atoms with Crippen molar-refractivity contribution in [3.05, 3.63) is 52.6 Å². The zero-order chi connectivity index (χ0) is 22.8. The van der Waals surface area contributed by atoms with Crippen LogP contribution in [0.4, 0.5) is 11.6 Å². The van der Waals surface area contributed by atoms with Crippen molar-refractivity contribution in [2.75, 3.05) is 50.0 Å². The van der Waals surface area contributed by atoms with Gasteiger partial charge in [-0.05, 0) is 61.7 Å². The Bertz CT molecular complexity index is 1130. The number of hydrogen-bond donors (Lipinski definition) is 1. The molecule has 5 rings (SSSR count). The van der Waals surface area contributed by atoms with Crippen molar-refractivity contribution in [3.63, 3.8) is 0 Å². The van der Waals surface area contributed by atoms with Crippen LogP contribution in [0.1, 0.15) is 37.8 Å². The van der Waals surface area contributed by atoms with E-state index in [1.54, 1.807) is 0 Å². The van der Waals surface area contributed by atoms with E-state index in [4.69, 9.17) is 9.72 Å². The van der Waals surface area contributed by atoms with Gasteiger partial charge in [-0.3, -0.25) is 4.99 Å². The van der Waals surface area contributed by atoms with Crippen LogP contribution in [0.25, 0.3) is 6.08 Å². The first kappa shape index (κ1) is 21.6. The third kappa shape index (κ3) is 5.09. The van der Waals surface area contributed by atoms with E-state index in [0.29, 0.717) is 11.8 Å². The van der Waals surface area contributed by atoms with Gasteiger partial charge >= 0.3 is 6.01 Å². The van der Waals surface area contributed by atoms with Gasteiger partial charge < -0.3 is 19.9 Å². The molecule has 0 amide bonds. The van der Waals surface area contributed by atoms with Gasteiger partial charge in [0.25, 0.3) is 0 Å². The molecule has 3 heterocycles. The summed E-state index contributed by atoms with van der Waals surface area (Å²) in [4.78, 5) is 18.7. The van der Waals surface area contributed by atoms with E-state index < -0.39 is 0 Å². The number of piperazine rings is 1. The van der Waals surface area contributed by atoms with E-state index in [1.165, 1.54) is 22.3 Å². The monoisotopic (exact) mass is 444 g/mol. The van der Waals surface area contributed by atoms with Crippen LogP contribution in [-0.2, 0) is 6.42 Å². The Morgan fingerprint density at radius 2 is 1.91 bits per heavy atom. The SMILES string of the molecule is CCCC1=CC(Nc2cc(N3CCN(C)CC3)nc(Oc3ccc4c(c3)C=C(C)C4)n2)=NC1. The first-order chi connectivity index (χ1) is 16.1. The molecule has 7 nitrogen and oxygen atoms in total.